The van der Waals surface area contributed by atoms with Crippen LogP contribution >= 0.6 is 15.9 Å². The predicted molar refractivity (Wildman–Crippen MR) is 61.6 cm³/mol. The first-order valence-corrected chi connectivity index (χ1v) is 5.63. The number of alkyl halides is 2. The average Bonchev–Trinajstić information content (AvgIpc) is 2.24. The van der Waals surface area contributed by atoms with Gasteiger partial charge in [-0.25, -0.2) is 8.78 Å². The van der Waals surface area contributed by atoms with E-state index < -0.39 is 18.1 Å². The quantitative estimate of drug-likeness (QED) is 0.868. The number of anilines is 1. The smallest absolute Gasteiger partial charge is 0.310 e. The third kappa shape index (κ3) is 3.36. The predicted octanol–water partition coefficient (Wildman–Crippen LogP) is 2.47. The van der Waals surface area contributed by atoms with E-state index in [1.165, 1.54) is 6.20 Å². The molecule has 1 aromatic rings. The molecule has 4 nitrogen and oxygen atoms in total. The molecule has 1 heterocycles. The molecule has 0 saturated carbocycles. The Morgan fingerprint density at radius 3 is 2.82 bits per heavy atom. The fourth-order valence-electron chi connectivity index (χ4n) is 1.27. The number of pyridine rings is 1. The standard InChI is InChI=1S/C10H11BrF2N2O2/c1-2-17-7(16)3-5-6(11)4-15-9(8(5)14)10(12)13/h4,10H,2-3,14H2,1H3. The van der Waals surface area contributed by atoms with Crippen LogP contribution < -0.4 is 5.73 Å². The Morgan fingerprint density at radius 1 is 1.65 bits per heavy atom. The van der Waals surface area contributed by atoms with Gasteiger partial charge in [-0.05, 0) is 22.9 Å². The fourth-order valence-corrected chi connectivity index (χ4v) is 1.72. The maximum atomic E-state index is 12.6. The Hall–Kier alpha value is -1.24. The molecule has 0 aliphatic rings. The molecule has 2 N–H and O–H groups in total. The lowest BCUT2D eigenvalue weighted by Gasteiger charge is -2.11. The molecule has 0 radical (unpaired) electrons. The van der Waals surface area contributed by atoms with Crippen LogP contribution in [0.25, 0.3) is 0 Å². The molecule has 0 fully saturated rings. The molecule has 17 heavy (non-hydrogen) atoms. The van der Waals surface area contributed by atoms with Crippen molar-refractivity contribution < 1.29 is 18.3 Å². The molecule has 1 rings (SSSR count). The van der Waals surface area contributed by atoms with Gasteiger partial charge in [0, 0.05) is 16.2 Å². The number of carbonyl (C=O) groups excluding carboxylic acids is 1. The minimum absolute atomic E-state index is 0.164. The van der Waals surface area contributed by atoms with Crippen molar-refractivity contribution in [3.63, 3.8) is 0 Å². The molecule has 0 saturated heterocycles. The maximum Gasteiger partial charge on any atom is 0.310 e. The highest BCUT2D eigenvalue weighted by molar-refractivity contribution is 9.10. The Kier molecular flexibility index (Phi) is 4.80. The van der Waals surface area contributed by atoms with Crippen molar-refractivity contribution in [3.8, 4) is 0 Å². The number of nitrogens with zero attached hydrogens (tertiary/aromatic N) is 1. The van der Waals surface area contributed by atoms with Gasteiger partial charge >= 0.3 is 5.97 Å². The fraction of sp³-hybridized carbons (Fsp3) is 0.400. The number of ether oxygens (including phenoxy) is 1. The Bertz CT molecular complexity index is 427. The summed E-state index contributed by atoms with van der Waals surface area (Å²) in [5.41, 5.74) is 5.12. The van der Waals surface area contributed by atoms with Crippen molar-refractivity contribution >= 4 is 27.6 Å². The van der Waals surface area contributed by atoms with Crippen molar-refractivity contribution in [2.75, 3.05) is 12.3 Å². The van der Waals surface area contributed by atoms with Crippen LogP contribution in [0.15, 0.2) is 10.7 Å². The summed E-state index contributed by atoms with van der Waals surface area (Å²) in [5, 5.41) is 0. The van der Waals surface area contributed by atoms with Gasteiger partial charge < -0.3 is 10.5 Å². The molecular weight excluding hydrogens is 298 g/mol. The lowest BCUT2D eigenvalue weighted by Crippen LogP contribution is -2.12. The van der Waals surface area contributed by atoms with E-state index in [1.54, 1.807) is 6.92 Å². The molecule has 0 bridgehead atoms. The minimum atomic E-state index is -2.77. The average molecular weight is 309 g/mol. The first-order chi connectivity index (χ1) is 7.97. The van der Waals surface area contributed by atoms with Gasteiger partial charge in [0.2, 0.25) is 0 Å². The van der Waals surface area contributed by atoms with Crippen molar-refractivity contribution in [2.45, 2.75) is 19.8 Å². The number of esters is 1. The van der Waals surface area contributed by atoms with Crippen LogP contribution in [0.1, 0.15) is 24.6 Å². The van der Waals surface area contributed by atoms with Crippen LogP contribution in [0, 0.1) is 0 Å². The third-order valence-corrected chi connectivity index (χ3v) is 2.72. The van der Waals surface area contributed by atoms with Gasteiger partial charge in [-0.1, -0.05) is 0 Å². The van der Waals surface area contributed by atoms with E-state index in [0.717, 1.165) is 0 Å². The van der Waals surface area contributed by atoms with Gasteiger partial charge in [-0.2, -0.15) is 0 Å². The van der Waals surface area contributed by atoms with Crippen molar-refractivity contribution in [1.29, 1.82) is 0 Å². The lowest BCUT2D eigenvalue weighted by atomic mass is 10.1. The molecule has 7 heteroatoms. The van der Waals surface area contributed by atoms with Gasteiger partial charge in [0.15, 0.2) is 0 Å². The summed E-state index contributed by atoms with van der Waals surface area (Å²) in [4.78, 5) is 14.8. The van der Waals surface area contributed by atoms with Crippen LogP contribution in [0.3, 0.4) is 0 Å². The summed E-state index contributed by atoms with van der Waals surface area (Å²) < 4.78 is 30.2. The Labute approximate surface area is 105 Å². The first-order valence-electron chi connectivity index (χ1n) is 4.83. The molecular formula is C10H11BrF2N2O2. The van der Waals surface area contributed by atoms with E-state index in [-0.39, 0.29) is 24.3 Å². The number of nitrogens with two attached hydrogens (primary N) is 1. The largest absolute Gasteiger partial charge is 0.466 e. The summed E-state index contributed by atoms with van der Waals surface area (Å²) in [6, 6.07) is 0. The highest BCUT2D eigenvalue weighted by Gasteiger charge is 2.20. The second-order valence-electron chi connectivity index (χ2n) is 3.17. The lowest BCUT2D eigenvalue weighted by molar-refractivity contribution is -0.142. The maximum absolute atomic E-state index is 12.6. The van der Waals surface area contributed by atoms with Crippen LogP contribution in [-0.4, -0.2) is 17.6 Å². The highest BCUT2D eigenvalue weighted by atomic mass is 79.9. The first kappa shape index (κ1) is 13.8. The van der Waals surface area contributed by atoms with E-state index in [4.69, 9.17) is 10.5 Å². The van der Waals surface area contributed by atoms with Gasteiger partial charge in [-0.15, -0.1) is 0 Å². The number of hydrogen-bond acceptors (Lipinski definition) is 4. The number of carbonyl (C=O) groups is 1. The summed E-state index contributed by atoms with van der Waals surface area (Å²) in [6.45, 7) is 1.89. The van der Waals surface area contributed by atoms with E-state index in [2.05, 4.69) is 20.9 Å². The van der Waals surface area contributed by atoms with Crippen molar-refractivity contribution in [2.24, 2.45) is 0 Å². The number of rotatable bonds is 4. The Balaban J connectivity index is 3.05. The van der Waals surface area contributed by atoms with E-state index in [9.17, 15) is 13.6 Å². The molecule has 1 aromatic heterocycles. The number of aromatic nitrogens is 1. The molecule has 0 amide bonds. The SMILES string of the molecule is CCOC(=O)Cc1c(Br)cnc(C(F)F)c1N. The third-order valence-electron chi connectivity index (χ3n) is 2.04. The monoisotopic (exact) mass is 308 g/mol. The normalized spacial score (nSPS) is 10.6. The summed E-state index contributed by atoms with van der Waals surface area (Å²) in [7, 11) is 0. The van der Waals surface area contributed by atoms with Crippen LogP contribution in [0.4, 0.5) is 14.5 Å². The number of hydrogen-bond donors (Lipinski definition) is 1. The molecule has 0 aliphatic heterocycles. The molecule has 94 valence electrons. The zero-order chi connectivity index (χ0) is 13.0. The molecule has 0 aliphatic carbocycles. The van der Waals surface area contributed by atoms with E-state index >= 15 is 0 Å². The van der Waals surface area contributed by atoms with E-state index in [1.807, 2.05) is 0 Å². The summed E-state index contributed by atoms with van der Waals surface area (Å²) in [6.07, 6.45) is -1.74. The molecule has 0 spiro atoms. The van der Waals surface area contributed by atoms with Crippen LogP contribution in [-0.2, 0) is 16.0 Å². The van der Waals surface area contributed by atoms with Gasteiger partial charge in [0.05, 0.1) is 18.7 Å². The zero-order valence-electron chi connectivity index (χ0n) is 9.04. The molecule has 0 unspecified atom stereocenters. The molecule has 0 atom stereocenters. The van der Waals surface area contributed by atoms with E-state index in [0.29, 0.717) is 4.47 Å². The van der Waals surface area contributed by atoms with Crippen LogP contribution in [0.5, 0.6) is 0 Å². The number of halogens is 3. The van der Waals surface area contributed by atoms with Crippen molar-refractivity contribution in [1.82, 2.24) is 4.98 Å². The van der Waals surface area contributed by atoms with Gasteiger partial charge in [-0.3, -0.25) is 9.78 Å². The van der Waals surface area contributed by atoms with Gasteiger partial charge in [0.1, 0.15) is 5.69 Å². The number of nitrogen functional groups attached to an aromatic ring is 1. The summed E-state index contributed by atoms with van der Waals surface area (Å²) in [5.74, 6) is -0.522. The highest BCUT2D eigenvalue weighted by Crippen LogP contribution is 2.30. The second-order valence-corrected chi connectivity index (χ2v) is 4.02. The zero-order valence-corrected chi connectivity index (χ0v) is 10.6. The second kappa shape index (κ2) is 5.90. The van der Waals surface area contributed by atoms with Crippen molar-refractivity contribution in [3.05, 3.63) is 21.9 Å². The Morgan fingerprint density at radius 2 is 2.29 bits per heavy atom. The van der Waals surface area contributed by atoms with Gasteiger partial charge in [0.25, 0.3) is 6.43 Å². The molecule has 0 aromatic carbocycles. The van der Waals surface area contributed by atoms with Crippen LogP contribution in [0.2, 0.25) is 0 Å². The summed E-state index contributed by atoms with van der Waals surface area (Å²) >= 11 is 3.11. The topological polar surface area (TPSA) is 65.2 Å². The minimum Gasteiger partial charge on any atom is -0.466 e.